The highest BCUT2D eigenvalue weighted by atomic mass is 16.5. The standard InChI is InChI=1S/C30H35N5O3/c1-19(20-8-4-3-5-9-20)38-24-13-7-11-22(15-24)21-10-6-12-23(14-21)35-29(27(17-33-35)30(36)37)26-16-25(26)28(34-31)18-32-2/h6-7,10-15,17-20,25-26H,3-5,8-9,16,31H2,1-2H3,(H,36,37)/t19-,25+,26-/m0/s1. The summed E-state index contributed by atoms with van der Waals surface area (Å²) in [6.07, 6.45) is 10.4. The van der Waals surface area contributed by atoms with Crippen molar-refractivity contribution in [2.24, 2.45) is 27.8 Å². The van der Waals surface area contributed by atoms with E-state index in [1.807, 2.05) is 36.4 Å². The van der Waals surface area contributed by atoms with E-state index in [0.717, 1.165) is 29.0 Å². The van der Waals surface area contributed by atoms with E-state index in [1.165, 1.54) is 38.3 Å². The fraction of sp³-hybridized carbons (Fsp3) is 0.400. The minimum absolute atomic E-state index is 0.0143. The highest BCUT2D eigenvalue weighted by Crippen LogP contribution is 2.49. The summed E-state index contributed by atoms with van der Waals surface area (Å²) in [5.74, 6) is 6.02. The Kier molecular flexibility index (Phi) is 7.58. The molecule has 0 unspecified atom stereocenters. The first-order valence-corrected chi connectivity index (χ1v) is 13.4. The first kappa shape index (κ1) is 25.7. The quantitative estimate of drug-likeness (QED) is 0.216. The Balaban J connectivity index is 1.42. The first-order chi connectivity index (χ1) is 18.5. The lowest BCUT2D eigenvalue weighted by Gasteiger charge is -2.28. The molecule has 3 atom stereocenters. The van der Waals surface area contributed by atoms with Crippen LogP contribution in [0.2, 0.25) is 0 Å². The van der Waals surface area contributed by atoms with Gasteiger partial charge in [0.2, 0.25) is 0 Å². The third-order valence-electron chi connectivity index (χ3n) is 7.86. The Morgan fingerprint density at radius 3 is 2.61 bits per heavy atom. The van der Waals surface area contributed by atoms with Gasteiger partial charge in [0.25, 0.3) is 0 Å². The number of nitrogens with two attached hydrogens (primary N) is 1. The molecule has 0 saturated heterocycles. The summed E-state index contributed by atoms with van der Waals surface area (Å²) in [5.41, 5.74) is 4.35. The van der Waals surface area contributed by atoms with Gasteiger partial charge in [-0.1, -0.05) is 43.5 Å². The van der Waals surface area contributed by atoms with Crippen molar-refractivity contribution < 1.29 is 14.6 Å². The van der Waals surface area contributed by atoms with E-state index in [2.05, 4.69) is 34.2 Å². The molecular formula is C30H35N5O3. The minimum Gasteiger partial charge on any atom is -0.490 e. The van der Waals surface area contributed by atoms with Crippen molar-refractivity contribution in [3.8, 4) is 22.6 Å². The maximum absolute atomic E-state index is 12.1. The van der Waals surface area contributed by atoms with Gasteiger partial charge in [0.15, 0.2) is 0 Å². The smallest absolute Gasteiger partial charge is 0.339 e. The highest BCUT2D eigenvalue weighted by molar-refractivity contribution is 6.32. The van der Waals surface area contributed by atoms with Crippen molar-refractivity contribution >= 4 is 17.9 Å². The Labute approximate surface area is 223 Å². The predicted octanol–water partition coefficient (Wildman–Crippen LogP) is 5.70. The average Bonchev–Trinajstić information content (AvgIpc) is 3.60. The molecule has 3 aromatic rings. The number of carboxylic acids is 1. The van der Waals surface area contributed by atoms with Gasteiger partial charge in [-0.05, 0) is 67.5 Å². The number of hydrogen-bond donors (Lipinski definition) is 2. The molecule has 0 amide bonds. The SMILES string of the molecule is CN=CC(=NN)[C@@H]1C[C@@H]1c1c(C(=O)O)cnn1-c1cccc(-c2cccc(O[C@@H](C)C3CCCCC3)c2)c1. The van der Waals surface area contributed by atoms with Crippen molar-refractivity contribution in [3.05, 3.63) is 66.0 Å². The molecule has 2 fully saturated rings. The van der Waals surface area contributed by atoms with Gasteiger partial charge < -0.3 is 15.7 Å². The van der Waals surface area contributed by atoms with Gasteiger partial charge in [-0.25, -0.2) is 9.48 Å². The second-order valence-corrected chi connectivity index (χ2v) is 10.3. The largest absolute Gasteiger partial charge is 0.490 e. The molecule has 0 radical (unpaired) electrons. The molecule has 0 aliphatic heterocycles. The molecule has 1 heterocycles. The molecule has 3 N–H and O–H groups in total. The molecule has 38 heavy (non-hydrogen) atoms. The van der Waals surface area contributed by atoms with Gasteiger partial charge in [-0.3, -0.25) is 4.99 Å². The number of nitrogens with zero attached hydrogens (tertiary/aromatic N) is 4. The average molecular weight is 514 g/mol. The lowest BCUT2D eigenvalue weighted by Crippen LogP contribution is -2.25. The van der Waals surface area contributed by atoms with E-state index in [0.29, 0.717) is 17.3 Å². The first-order valence-electron chi connectivity index (χ1n) is 13.4. The molecule has 2 aliphatic carbocycles. The molecule has 0 spiro atoms. The predicted molar refractivity (Wildman–Crippen MR) is 150 cm³/mol. The highest BCUT2D eigenvalue weighted by Gasteiger charge is 2.46. The third kappa shape index (κ3) is 5.35. The number of hydrazone groups is 1. The fourth-order valence-corrected chi connectivity index (χ4v) is 5.75. The number of carboxylic acid groups (broad SMARTS) is 1. The summed E-state index contributed by atoms with van der Waals surface area (Å²) in [7, 11) is 1.66. The molecule has 198 valence electrons. The van der Waals surface area contributed by atoms with Crippen LogP contribution in [-0.2, 0) is 0 Å². The monoisotopic (exact) mass is 513 g/mol. The lowest BCUT2D eigenvalue weighted by molar-refractivity contribution is 0.0695. The number of carbonyl (C=O) groups is 1. The molecule has 2 saturated carbocycles. The lowest BCUT2D eigenvalue weighted by atomic mass is 9.86. The van der Waals surface area contributed by atoms with E-state index < -0.39 is 5.97 Å². The van der Waals surface area contributed by atoms with Crippen molar-refractivity contribution in [1.29, 1.82) is 0 Å². The second-order valence-electron chi connectivity index (χ2n) is 10.3. The van der Waals surface area contributed by atoms with Crippen LogP contribution < -0.4 is 10.6 Å². The van der Waals surface area contributed by atoms with Crippen molar-refractivity contribution in [2.45, 2.75) is 57.5 Å². The van der Waals surface area contributed by atoms with Crippen molar-refractivity contribution in [1.82, 2.24) is 9.78 Å². The molecule has 8 nitrogen and oxygen atoms in total. The van der Waals surface area contributed by atoms with Crippen LogP contribution in [0.4, 0.5) is 0 Å². The van der Waals surface area contributed by atoms with Gasteiger partial charge >= 0.3 is 5.97 Å². The van der Waals surface area contributed by atoms with Gasteiger partial charge in [-0.15, -0.1) is 0 Å². The van der Waals surface area contributed by atoms with E-state index in [4.69, 9.17) is 10.6 Å². The summed E-state index contributed by atoms with van der Waals surface area (Å²) < 4.78 is 8.11. The summed E-state index contributed by atoms with van der Waals surface area (Å²) in [4.78, 5) is 16.1. The zero-order valence-corrected chi connectivity index (χ0v) is 22.0. The minimum atomic E-state index is -1.000. The van der Waals surface area contributed by atoms with E-state index >= 15 is 0 Å². The van der Waals surface area contributed by atoms with Crippen molar-refractivity contribution in [3.63, 3.8) is 0 Å². The number of aromatic nitrogens is 2. The van der Waals surface area contributed by atoms with Crippen LogP contribution >= 0.6 is 0 Å². The number of aromatic carboxylic acids is 1. The Morgan fingerprint density at radius 2 is 1.89 bits per heavy atom. The summed E-state index contributed by atoms with van der Waals surface area (Å²) in [6, 6.07) is 16.2. The maximum Gasteiger partial charge on any atom is 0.339 e. The molecule has 5 rings (SSSR count). The molecular weight excluding hydrogens is 478 g/mol. The van der Waals surface area contributed by atoms with Crippen LogP contribution in [-0.4, -0.2) is 45.9 Å². The number of aliphatic imine (C=N–C) groups is 1. The molecule has 2 aromatic carbocycles. The number of ether oxygens (including phenoxy) is 1. The van der Waals surface area contributed by atoms with Crippen LogP contribution in [0.15, 0.2) is 64.8 Å². The number of benzene rings is 2. The number of rotatable bonds is 9. The Hall–Kier alpha value is -3.94. The van der Waals surface area contributed by atoms with Crippen LogP contribution in [0, 0.1) is 11.8 Å². The van der Waals surface area contributed by atoms with Crippen LogP contribution in [0.5, 0.6) is 5.75 Å². The van der Waals surface area contributed by atoms with E-state index in [-0.39, 0.29) is 23.5 Å². The van der Waals surface area contributed by atoms with Crippen LogP contribution in [0.25, 0.3) is 16.8 Å². The van der Waals surface area contributed by atoms with Gasteiger partial charge in [0, 0.05) is 25.1 Å². The normalized spacial score (nSPS) is 20.9. The van der Waals surface area contributed by atoms with Gasteiger partial charge in [0.05, 0.1) is 29.4 Å². The van der Waals surface area contributed by atoms with Gasteiger partial charge in [-0.2, -0.15) is 10.2 Å². The zero-order chi connectivity index (χ0) is 26.6. The molecule has 0 bridgehead atoms. The van der Waals surface area contributed by atoms with Gasteiger partial charge in [0.1, 0.15) is 11.3 Å². The van der Waals surface area contributed by atoms with Crippen LogP contribution in [0.3, 0.4) is 0 Å². The maximum atomic E-state index is 12.1. The summed E-state index contributed by atoms with van der Waals surface area (Å²) >= 11 is 0. The molecule has 1 aromatic heterocycles. The summed E-state index contributed by atoms with van der Waals surface area (Å²) in [5, 5.41) is 18.2. The van der Waals surface area contributed by atoms with E-state index in [1.54, 1.807) is 17.9 Å². The number of hydrogen-bond acceptors (Lipinski definition) is 6. The fourth-order valence-electron chi connectivity index (χ4n) is 5.75. The molecule has 2 aliphatic rings. The summed E-state index contributed by atoms with van der Waals surface area (Å²) in [6.45, 7) is 2.18. The zero-order valence-electron chi connectivity index (χ0n) is 22.0. The Bertz CT molecular complexity index is 1360. The third-order valence-corrected chi connectivity index (χ3v) is 7.86. The van der Waals surface area contributed by atoms with E-state index in [9.17, 15) is 9.90 Å². The molecule has 8 heteroatoms. The Morgan fingerprint density at radius 1 is 1.16 bits per heavy atom. The van der Waals surface area contributed by atoms with Crippen molar-refractivity contribution in [2.75, 3.05) is 7.05 Å². The second kappa shape index (κ2) is 11.2. The topological polar surface area (TPSA) is 115 Å². The van der Waals surface area contributed by atoms with Crippen LogP contribution in [0.1, 0.15) is 67.4 Å².